The maximum Gasteiger partial charge on any atom is 0.317 e. The van der Waals surface area contributed by atoms with Crippen molar-refractivity contribution in [2.45, 2.75) is 33.8 Å². The lowest BCUT2D eigenvalue weighted by Crippen LogP contribution is -2.30. The highest BCUT2D eigenvalue weighted by atomic mass is 16.4. The van der Waals surface area contributed by atoms with Gasteiger partial charge in [-0.05, 0) is 62.6 Å². The number of carboxylic acid groups (broad SMARTS) is 1. The summed E-state index contributed by atoms with van der Waals surface area (Å²) in [6, 6.07) is 2.11. The minimum Gasteiger partial charge on any atom is -0.480 e. The van der Waals surface area contributed by atoms with Crippen molar-refractivity contribution in [1.82, 2.24) is 4.90 Å². The average molecular weight is 265 g/mol. The van der Waals surface area contributed by atoms with E-state index in [1.54, 1.807) is 11.9 Å². The molecule has 0 bridgehead atoms. The van der Waals surface area contributed by atoms with Crippen molar-refractivity contribution in [2.75, 3.05) is 20.1 Å². The molecular formula is C15H23NO3. The Morgan fingerprint density at radius 1 is 1.21 bits per heavy atom. The van der Waals surface area contributed by atoms with Gasteiger partial charge in [0, 0.05) is 6.54 Å². The van der Waals surface area contributed by atoms with Crippen molar-refractivity contribution in [3.8, 4) is 0 Å². The van der Waals surface area contributed by atoms with Crippen LogP contribution in [0.4, 0.5) is 0 Å². The van der Waals surface area contributed by atoms with E-state index >= 15 is 0 Å². The maximum atomic E-state index is 10.6. The highest BCUT2D eigenvalue weighted by Gasteiger charge is 2.18. The summed E-state index contributed by atoms with van der Waals surface area (Å²) >= 11 is 0. The molecule has 1 unspecified atom stereocenters. The summed E-state index contributed by atoms with van der Waals surface area (Å²) in [5, 5.41) is 19.1. The minimum absolute atomic E-state index is 0.0695. The lowest BCUT2D eigenvalue weighted by atomic mass is 9.91. The summed E-state index contributed by atoms with van der Waals surface area (Å²) in [6.45, 7) is 8.30. The molecule has 1 rings (SSSR count). The zero-order valence-electron chi connectivity index (χ0n) is 12.3. The van der Waals surface area contributed by atoms with Crippen LogP contribution in [0.3, 0.4) is 0 Å². The number of carboxylic acids is 1. The number of benzene rings is 1. The number of aliphatic hydroxyl groups is 1. The average Bonchev–Trinajstić information content (AvgIpc) is 2.25. The fourth-order valence-electron chi connectivity index (χ4n) is 2.43. The van der Waals surface area contributed by atoms with Gasteiger partial charge in [0.2, 0.25) is 0 Å². The molecule has 2 N–H and O–H groups in total. The predicted molar refractivity (Wildman–Crippen MR) is 75.5 cm³/mol. The van der Waals surface area contributed by atoms with Crippen LogP contribution >= 0.6 is 0 Å². The Labute approximate surface area is 114 Å². The molecule has 4 heteroatoms. The van der Waals surface area contributed by atoms with E-state index in [1.165, 1.54) is 0 Å². The Morgan fingerprint density at radius 2 is 1.68 bits per heavy atom. The van der Waals surface area contributed by atoms with E-state index in [9.17, 15) is 9.90 Å². The molecule has 1 aromatic rings. The number of rotatable bonds is 5. The largest absolute Gasteiger partial charge is 0.480 e. The van der Waals surface area contributed by atoms with Crippen molar-refractivity contribution in [3.05, 3.63) is 33.9 Å². The minimum atomic E-state index is -0.886. The normalized spacial score (nSPS) is 12.8. The molecule has 1 atom stereocenters. The Kier molecular flexibility index (Phi) is 5.09. The third-order valence-electron chi connectivity index (χ3n) is 3.65. The topological polar surface area (TPSA) is 60.8 Å². The first kappa shape index (κ1) is 15.7. The van der Waals surface area contributed by atoms with Gasteiger partial charge in [0.25, 0.3) is 0 Å². The molecule has 0 aliphatic heterocycles. The first-order chi connectivity index (χ1) is 8.73. The summed E-state index contributed by atoms with van der Waals surface area (Å²) in [7, 11) is 1.70. The lowest BCUT2D eigenvalue weighted by Gasteiger charge is -2.24. The van der Waals surface area contributed by atoms with E-state index in [-0.39, 0.29) is 6.54 Å². The fraction of sp³-hybridized carbons (Fsp3) is 0.533. The number of aliphatic carboxylic acids is 1. The number of hydrogen-bond donors (Lipinski definition) is 2. The van der Waals surface area contributed by atoms with Gasteiger partial charge < -0.3 is 10.2 Å². The molecule has 0 radical (unpaired) electrons. The zero-order chi connectivity index (χ0) is 14.7. The Balaban J connectivity index is 2.99. The molecule has 0 spiro atoms. The van der Waals surface area contributed by atoms with Gasteiger partial charge in [-0.2, -0.15) is 0 Å². The van der Waals surface area contributed by atoms with Crippen LogP contribution in [-0.2, 0) is 4.79 Å². The van der Waals surface area contributed by atoms with Crippen molar-refractivity contribution < 1.29 is 15.0 Å². The smallest absolute Gasteiger partial charge is 0.317 e. The Morgan fingerprint density at radius 3 is 2.11 bits per heavy atom. The molecule has 0 saturated heterocycles. The number of nitrogens with zero attached hydrogens (tertiary/aromatic N) is 1. The number of likely N-dealkylation sites (N-methyl/N-ethyl adjacent to an activating group) is 1. The van der Waals surface area contributed by atoms with E-state index in [0.29, 0.717) is 6.54 Å². The van der Waals surface area contributed by atoms with Gasteiger partial charge in [-0.25, -0.2) is 0 Å². The highest BCUT2D eigenvalue weighted by molar-refractivity contribution is 5.69. The van der Waals surface area contributed by atoms with Gasteiger partial charge in [-0.15, -0.1) is 0 Å². The summed E-state index contributed by atoms with van der Waals surface area (Å²) in [5.41, 5.74) is 5.39. The number of aliphatic hydroxyl groups excluding tert-OH is 1. The number of aryl methyl sites for hydroxylation is 2. The van der Waals surface area contributed by atoms with Crippen LogP contribution in [-0.4, -0.2) is 41.2 Å². The van der Waals surface area contributed by atoms with Gasteiger partial charge in [-0.3, -0.25) is 9.69 Å². The quantitative estimate of drug-likeness (QED) is 0.854. The van der Waals surface area contributed by atoms with Gasteiger partial charge >= 0.3 is 5.97 Å². The maximum absolute atomic E-state index is 10.6. The van der Waals surface area contributed by atoms with Crippen molar-refractivity contribution >= 4 is 5.97 Å². The van der Waals surface area contributed by atoms with E-state index in [2.05, 4.69) is 6.07 Å². The third-order valence-corrected chi connectivity index (χ3v) is 3.65. The summed E-state index contributed by atoms with van der Waals surface area (Å²) in [4.78, 5) is 12.3. The second kappa shape index (κ2) is 6.17. The van der Waals surface area contributed by atoms with E-state index in [1.807, 2.05) is 27.7 Å². The standard InChI is InChI=1S/C15H23NO3/c1-9-6-10(2)12(4)15(11(9)3)13(17)7-16(5)8-14(18)19/h6,13,17H,7-8H2,1-5H3,(H,18,19). The zero-order valence-corrected chi connectivity index (χ0v) is 12.3. The molecule has 106 valence electrons. The molecule has 19 heavy (non-hydrogen) atoms. The Hall–Kier alpha value is -1.39. The van der Waals surface area contributed by atoms with E-state index in [0.717, 1.165) is 27.8 Å². The molecule has 0 aromatic heterocycles. The predicted octanol–water partition coefficient (Wildman–Crippen LogP) is 1.97. The van der Waals surface area contributed by atoms with Crippen LogP contribution < -0.4 is 0 Å². The number of hydrogen-bond acceptors (Lipinski definition) is 3. The highest BCUT2D eigenvalue weighted by Crippen LogP contribution is 2.27. The van der Waals surface area contributed by atoms with Crippen LogP contribution in [0.5, 0.6) is 0 Å². The third kappa shape index (κ3) is 3.78. The van der Waals surface area contributed by atoms with Crippen LogP contribution in [0.25, 0.3) is 0 Å². The molecule has 0 aliphatic rings. The summed E-state index contributed by atoms with van der Waals surface area (Å²) in [5.74, 6) is -0.886. The first-order valence-electron chi connectivity index (χ1n) is 6.39. The molecular weight excluding hydrogens is 242 g/mol. The van der Waals surface area contributed by atoms with Gasteiger partial charge in [0.1, 0.15) is 0 Å². The van der Waals surface area contributed by atoms with Crippen molar-refractivity contribution in [3.63, 3.8) is 0 Å². The molecule has 0 saturated carbocycles. The second-order valence-corrected chi connectivity index (χ2v) is 5.28. The van der Waals surface area contributed by atoms with E-state index in [4.69, 9.17) is 5.11 Å². The molecule has 1 aromatic carbocycles. The second-order valence-electron chi connectivity index (χ2n) is 5.28. The van der Waals surface area contributed by atoms with Crippen LogP contribution in [0.1, 0.15) is 33.9 Å². The molecule has 0 aliphatic carbocycles. The van der Waals surface area contributed by atoms with Crippen molar-refractivity contribution in [2.24, 2.45) is 0 Å². The van der Waals surface area contributed by atoms with Gasteiger partial charge in [0.05, 0.1) is 12.6 Å². The van der Waals surface area contributed by atoms with Crippen LogP contribution in [0.2, 0.25) is 0 Å². The van der Waals surface area contributed by atoms with Crippen molar-refractivity contribution in [1.29, 1.82) is 0 Å². The molecule has 4 nitrogen and oxygen atoms in total. The Bertz CT molecular complexity index is 457. The van der Waals surface area contributed by atoms with Crippen LogP contribution in [0, 0.1) is 27.7 Å². The monoisotopic (exact) mass is 265 g/mol. The molecule has 0 fully saturated rings. The van der Waals surface area contributed by atoms with Gasteiger partial charge in [-0.1, -0.05) is 6.07 Å². The first-order valence-corrected chi connectivity index (χ1v) is 6.39. The SMILES string of the molecule is Cc1cc(C)c(C)c(C(O)CN(C)CC(=O)O)c1C. The van der Waals surface area contributed by atoms with E-state index < -0.39 is 12.1 Å². The summed E-state index contributed by atoms with van der Waals surface area (Å²) < 4.78 is 0. The summed E-state index contributed by atoms with van der Waals surface area (Å²) in [6.07, 6.45) is -0.664. The fourth-order valence-corrected chi connectivity index (χ4v) is 2.43. The molecule has 0 amide bonds. The number of carbonyl (C=O) groups is 1. The molecule has 0 heterocycles. The van der Waals surface area contributed by atoms with Gasteiger partial charge in [0.15, 0.2) is 0 Å². The van der Waals surface area contributed by atoms with Crippen LogP contribution in [0.15, 0.2) is 6.07 Å². The lowest BCUT2D eigenvalue weighted by molar-refractivity contribution is -0.138.